The molecule has 4 nitrogen and oxygen atoms in total. The smallest absolute Gasteiger partial charge is 0.247 e. The Bertz CT molecular complexity index is 733. The van der Waals surface area contributed by atoms with Crippen LogP contribution in [-0.4, -0.2) is 10.2 Å². The van der Waals surface area contributed by atoms with Gasteiger partial charge in [-0.05, 0) is 36.8 Å². The lowest BCUT2D eigenvalue weighted by Crippen LogP contribution is -1.95. The SMILES string of the molecule is Cc1cccc(COc2ccc(-c3nnc(C)o3)cc2)c1. The summed E-state index contributed by atoms with van der Waals surface area (Å²) in [6.45, 7) is 4.40. The van der Waals surface area contributed by atoms with Crippen molar-refractivity contribution in [2.45, 2.75) is 20.5 Å². The van der Waals surface area contributed by atoms with Crippen LogP contribution < -0.4 is 4.74 Å². The Kier molecular flexibility index (Phi) is 3.69. The van der Waals surface area contributed by atoms with Gasteiger partial charge in [0.1, 0.15) is 12.4 Å². The second kappa shape index (κ2) is 5.79. The molecular weight excluding hydrogens is 264 g/mol. The van der Waals surface area contributed by atoms with E-state index in [4.69, 9.17) is 9.15 Å². The van der Waals surface area contributed by atoms with E-state index in [9.17, 15) is 0 Å². The summed E-state index contributed by atoms with van der Waals surface area (Å²) in [4.78, 5) is 0. The second-order valence-corrected chi connectivity index (χ2v) is 4.93. The molecule has 4 heteroatoms. The van der Waals surface area contributed by atoms with Gasteiger partial charge in [0.05, 0.1) is 0 Å². The van der Waals surface area contributed by atoms with Crippen LogP contribution in [0.4, 0.5) is 0 Å². The molecule has 0 bridgehead atoms. The van der Waals surface area contributed by atoms with E-state index in [1.807, 2.05) is 30.3 Å². The van der Waals surface area contributed by atoms with Gasteiger partial charge in [-0.15, -0.1) is 10.2 Å². The van der Waals surface area contributed by atoms with Crippen molar-refractivity contribution in [3.05, 3.63) is 65.5 Å². The van der Waals surface area contributed by atoms with Crippen molar-refractivity contribution in [1.29, 1.82) is 0 Å². The van der Waals surface area contributed by atoms with Crippen LogP contribution in [0.5, 0.6) is 5.75 Å². The average molecular weight is 280 g/mol. The monoisotopic (exact) mass is 280 g/mol. The van der Waals surface area contributed by atoms with Gasteiger partial charge in [0.25, 0.3) is 0 Å². The molecule has 2 aromatic carbocycles. The number of benzene rings is 2. The van der Waals surface area contributed by atoms with Crippen molar-refractivity contribution < 1.29 is 9.15 Å². The molecule has 106 valence electrons. The van der Waals surface area contributed by atoms with Crippen LogP contribution in [0.2, 0.25) is 0 Å². The molecule has 1 aromatic heterocycles. The fraction of sp³-hybridized carbons (Fsp3) is 0.176. The molecule has 0 aliphatic carbocycles. The summed E-state index contributed by atoms with van der Waals surface area (Å²) in [7, 11) is 0. The predicted molar refractivity (Wildman–Crippen MR) is 80.0 cm³/mol. The number of nitrogens with zero attached hydrogens (tertiary/aromatic N) is 2. The van der Waals surface area contributed by atoms with Gasteiger partial charge in [-0.1, -0.05) is 29.8 Å². The van der Waals surface area contributed by atoms with Gasteiger partial charge in [-0.3, -0.25) is 0 Å². The molecule has 0 unspecified atom stereocenters. The first-order valence-electron chi connectivity index (χ1n) is 6.79. The van der Waals surface area contributed by atoms with Gasteiger partial charge in [-0.2, -0.15) is 0 Å². The van der Waals surface area contributed by atoms with Crippen molar-refractivity contribution in [3.8, 4) is 17.2 Å². The van der Waals surface area contributed by atoms with Gasteiger partial charge in [0.2, 0.25) is 11.8 Å². The van der Waals surface area contributed by atoms with E-state index in [0.717, 1.165) is 16.9 Å². The average Bonchev–Trinajstić information content (AvgIpc) is 2.92. The summed E-state index contributed by atoms with van der Waals surface area (Å²) >= 11 is 0. The number of aromatic nitrogens is 2. The number of hydrogen-bond donors (Lipinski definition) is 0. The maximum atomic E-state index is 5.78. The molecule has 0 radical (unpaired) electrons. The third kappa shape index (κ3) is 3.28. The third-order valence-electron chi connectivity index (χ3n) is 3.12. The van der Waals surface area contributed by atoms with Crippen LogP contribution in [0.15, 0.2) is 52.9 Å². The van der Waals surface area contributed by atoms with Crippen LogP contribution in [-0.2, 0) is 6.61 Å². The fourth-order valence-electron chi connectivity index (χ4n) is 2.08. The molecule has 1 heterocycles. The lowest BCUT2D eigenvalue weighted by atomic mass is 10.1. The molecular formula is C17H16N2O2. The van der Waals surface area contributed by atoms with Crippen LogP contribution in [0.3, 0.4) is 0 Å². The van der Waals surface area contributed by atoms with Gasteiger partial charge < -0.3 is 9.15 Å². The molecule has 0 atom stereocenters. The molecule has 0 saturated carbocycles. The molecule has 0 aliphatic rings. The first kappa shape index (κ1) is 13.4. The highest BCUT2D eigenvalue weighted by Gasteiger charge is 2.05. The summed E-state index contributed by atoms with van der Waals surface area (Å²) in [5.74, 6) is 1.90. The van der Waals surface area contributed by atoms with E-state index in [1.165, 1.54) is 5.56 Å². The molecule has 0 aliphatic heterocycles. The maximum Gasteiger partial charge on any atom is 0.247 e. The van der Waals surface area contributed by atoms with Crippen molar-refractivity contribution >= 4 is 0 Å². The topological polar surface area (TPSA) is 48.2 Å². The highest BCUT2D eigenvalue weighted by Crippen LogP contribution is 2.21. The molecule has 3 rings (SSSR count). The van der Waals surface area contributed by atoms with Gasteiger partial charge in [0.15, 0.2) is 0 Å². The summed E-state index contributed by atoms with van der Waals surface area (Å²) < 4.78 is 11.2. The third-order valence-corrected chi connectivity index (χ3v) is 3.12. The molecule has 0 N–H and O–H groups in total. The predicted octanol–water partition coefficient (Wildman–Crippen LogP) is 3.93. The summed E-state index contributed by atoms with van der Waals surface area (Å²) in [5, 5.41) is 7.81. The zero-order valence-corrected chi connectivity index (χ0v) is 12.0. The molecule has 0 amide bonds. The minimum Gasteiger partial charge on any atom is -0.489 e. The first-order valence-corrected chi connectivity index (χ1v) is 6.79. The van der Waals surface area contributed by atoms with Crippen LogP contribution in [0.1, 0.15) is 17.0 Å². The number of aryl methyl sites for hydroxylation is 2. The number of rotatable bonds is 4. The summed E-state index contributed by atoms with van der Waals surface area (Å²) in [6.07, 6.45) is 0. The van der Waals surface area contributed by atoms with Crippen LogP contribution >= 0.6 is 0 Å². The highest BCUT2D eigenvalue weighted by molar-refractivity contribution is 5.53. The van der Waals surface area contributed by atoms with Crippen molar-refractivity contribution in [2.75, 3.05) is 0 Å². The molecule has 0 fully saturated rings. The summed E-state index contributed by atoms with van der Waals surface area (Å²) in [6, 6.07) is 15.9. The summed E-state index contributed by atoms with van der Waals surface area (Å²) in [5.41, 5.74) is 3.28. The van der Waals surface area contributed by atoms with Crippen molar-refractivity contribution in [3.63, 3.8) is 0 Å². The van der Waals surface area contributed by atoms with Crippen LogP contribution in [0.25, 0.3) is 11.5 Å². The van der Waals surface area contributed by atoms with E-state index in [-0.39, 0.29) is 0 Å². The van der Waals surface area contributed by atoms with Gasteiger partial charge in [-0.25, -0.2) is 0 Å². The Hall–Kier alpha value is -2.62. The van der Waals surface area contributed by atoms with Crippen molar-refractivity contribution in [2.24, 2.45) is 0 Å². The normalized spacial score (nSPS) is 10.6. The molecule has 0 spiro atoms. The van der Waals surface area contributed by atoms with E-state index in [2.05, 4.69) is 35.3 Å². The highest BCUT2D eigenvalue weighted by atomic mass is 16.5. The second-order valence-electron chi connectivity index (χ2n) is 4.93. The molecule has 0 saturated heterocycles. The molecule has 21 heavy (non-hydrogen) atoms. The standard InChI is InChI=1S/C17H16N2O2/c1-12-4-3-5-14(10-12)11-20-16-8-6-15(7-9-16)17-19-18-13(2)21-17/h3-10H,11H2,1-2H3. The number of hydrogen-bond acceptors (Lipinski definition) is 4. The zero-order valence-electron chi connectivity index (χ0n) is 12.0. The Morgan fingerprint density at radius 1 is 1.00 bits per heavy atom. The Morgan fingerprint density at radius 3 is 2.48 bits per heavy atom. The Balaban J connectivity index is 1.67. The van der Waals surface area contributed by atoms with E-state index < -0.39 is 0 Å². The van der Waals surface area contributed by atoms with E-state index in [1.54, 1.807) is 6.92 Å². The lowest BCUT2D eigenvalue weighted by molar-refractivity contribution is 0.306. The minimum absolute atomic E-state index is 0.526. The molecule has 3 aromatic rings. The van der Waals surface area contributed by atoms with E-state index in [0.29, 0.717) is 18.4 Å². The van der Waals surface area contributed by atoms with Crippen molar-refractivity contribution in [1.82, 2.24) is 10.2 Å². The van der Waals surface area contributed by atoms with E-state index >= 15 is 0 Å². The number of ether oxygens (including phenoxy) is 1. The van der Waals surface area contributed by atoms with Gasteiger partial charge in [0, 0.05) is 12.5 Å². The van der Waals surface area contributed by atoms with Crippen LogP contribution in [0, 0.1) is 13.8 Å². The Labute approximate surface area is 123 Å². The quantitative estimate of drug-likeness (QED) is 0.726. The zero-order chi connectivity index (χ0) is 14.7. The maximum absolute atomic E-state index is 5.78. The van der Waals surface area contributed by atoms with Gasteiger partial charge >= 0.3 is 0 Å². The fourth-order valence-corrected chi connectivity index (χ4v) is 2.08. The first-order chi connectivity index (χ1) is 10.2. The minimum atomic E-state index is 0.526. The largest absolute Gasteiger partial charge is 0.489 e. The lowest BCUT2D eigenvalue weighted by Gasteiger charge is -2.07. The Morgan fingerprint density at radius 2 is 1.81 bits per heavy atom.